The fourth-order valence-electron chi connectivity index (χ4n) is 4.97. The number of carbonyl (C=O) groups is 2. The minimum absolute atomic E-state index is 0.0178. The van der Waals surface area contributed by atoms with Crippen molar-refractivity contribution in [1.29, 1.82) is 0 Å². The number of rotatable bonds is 9. The van der Waals surface area contributed by atoms with E-state index in [1.165, 1.54) is 18.2 Å². The molecule has 0 unspecified atom stereocenters. The highest BCUT2D eigenvalue weighted by Crippen LogP contribution is 2.35. The van der Waals surface area contributed by atoms with Gasteiger partial charge in [0.15, 0.2) is 0 Å². The Kier molecular flexibility index (Phi) is 8.50. The van der Waals surface area contributed by atoms with Crippen LogP contribution >= 0.6 is 0 Å². The molecule has 37 heavy (non-hydrogen) atoms. The van der Waals surface area contributed by atoms with E-state index in [-0.39, 0.29) is 17.5 Å². The van der Waals surface area contributed by atoms with Crippen LogP contribution in [-0.2, 0) is 6.54 Å². The molecule has 3 aromatic rings. The van der Waals surface area contributed by atoms with Gasteiger partial charge in [-0.15, -0.1) is 0 Å². The first-order chi connectivity index (χ1) is 17.9. The number of aromatic nitrogens is 1. The van der Waals surface area contributed by atoms with Gasteiger partial charge < -0.3 is 15.5 Å². The molecule has 0 spiro atoms. The Bertz CT molecular complexity index is 1210. The average molecular weight is 504 g/mol. The summed E-state index contributed by atoms with van der Waals surface area (Å²) < 4.78 is 14.5. The molecule has 2 heterocycles. The number of nitrogens with two attached hydrogens (primary N) is 1. The van der Waals surface area contributed by atoms with Crippen molar-refractivity contribution in [3.8, 4) is 0 Å². The molecule has 2 amide bonds. The quantitative estimate of drug-likeness (QED) is 0.461. The summed E-state index contributed by atoms with van der Waals surface area (Å²) in [5.74, 6) is -1.08. The van der Waals surface area contributed by atoms with Crippen molar-refractivity contribution in [1.82, 2.24) is 14.8 Å². The molecule has 194 valence electrons. The summed E-state index contributed by atoms with van der Waals surface area (Å²) in [6.45, 7) is 7.59. The number of anilines is 2. The van der Waals surface area contributed by atoms with Crippen LogP contribution in [0.1, 0.15) is 53.1 Å². The van der Waals surface area contributed by atoms with Gasteiger partial charge in [-0.25, -0.2) is 4.39 Å². The maximum absolute atomic E-state index is 14.5. The number of hydrogen-bond acceptors (Lipinski definition) is 5. The predicted octanol–water partition coefficient (Wildman–Crippen LogP) is 4.60. The number of primary amides is 1. The zero-order valence-corrected chi connectivity index (χ0v) is 21.4. The largest absolute Gasteiger partial charge is 0.366 e. The first-order valence-corrected chi connectivity index (χ1v) is 12.8. The molecule has 0 atom stereocenters. The second kappa shape index (κ2) is 12.0. The van der Waals surface area contributed by atoms with Gasteiger partial charge in [0.2, 0.25) is 0 Å². The summed E-state index contributed by atoms with van der Waals surface area (Å²) >= 11 is 0. The molecule has 8 heteroatoms. The molecule has 0 aliphatic carbocycles. The lowest BCUT2D eigenvalue weighted by Gasteiger charge is -2.40. The maximum atomic E-state index is 14.5. The van der Waals surface area contributed by atoms with Crippen LogP contribution < -0.4 is 10.6 Å². The normalized spacial score (nSPS) is 14.4. The van der Waals surface area contributed by atoms with Crippen LogP contribution in [0.5, 0.6) is 0 Å². The Morgan fingerprint density at radius 3 is 2.32 bits per heavy atom. The fraction of sp³-hybridized carbons (Fsp3) is 0.345. The van der Waals surface area contributed by atoms with E-state index >= 15 is 0 Å². The van der Waals surface area contributed by atoms with Crippen molar-refractivity contribution in [3.63, 3.8) is 0 Å². The molecule has 4 rings (SSSR count). The average Bonchev–Trinajstić information content (AvgIpc) is 2.91. The molecule has 1 aliphatic rings. The van der Waals surface area contributed by atoms with Gasteiger partial charge in [0.1, 0.15) is 5.82 Å². The molecule has 2 N–H and O–H groups in total. The van der Waals surface area contributed by atoms with Gasteiger partial charge in [0.05, 0.1) is 16.9 Å². The van der Waals surface area contributed by atoms with Gasteiger partial charge in [-0.1, -0.05) is 6.07 Å². The van der Waals surface area contributed by atoms with Crippen LogP contribution in [0, 0.1) is 5.82 Å². The van der Waals surface area contributed by atoms with E-state index in [0.717, 1.165) is 43.9 Å². The summed E-state index contributed by atoms with van der Waals surface area (Å²) in [6.07, 6.45) is 3.41. The highest BCUT2D eigenvalue weighted by atomic mass is 19.1. The third-order valence-corrected chi connectivity index (χ3v) is 6.96. The minimum Gasteiger partial charge on any atom is -0.366 e. The molecule has 7 nitrogen and oxygen atoms in total. The zero-order chi connectivity index (χ0) is 26.4. The smallest absolute Gasteiger partial charge is 0.253 e. The van der Waals surface area contributed by atoms with Crippen molar-refractivity contribution in [2.75, 3.05) is 31.1 Å². The van der Waals surface area contributed by atoms with E-state index in [0.29, 0.717) is 24.3 Å². The topological polar surface area (TPSA) is 82.8 Å². The lowest BCUT2D eigenvalue weighted by atomic mass is 9.99. The first kappa shape index (κ1) is 26.3. The minimum atomic E-state index is -0.610. The molecule has 0 radical (unpaired) electrons. The Balaban J connectivity index is 1.63. The predicted molar refractivity (Wildman–Crippen MR) is 143 cm³/mol. The lowest BCUT2D eigenvalue weighted by molar-refractivity contribution is 0.0772. The van der Waals surface area contributed by atoms with E-state index in [1.54, 1.807) is 23.2 Å². The summed E-state index contributed by atoms with van der Waals surface area (Å²) in [7, 11) is 0. The number of halogens is 1. The van der Waals surface area contributed by atoms with Crippen molar-refractivity contribution in [2.24, 2.45) is 5.73 Å². The number of carbonyl (C=O) groups excluding carboxylic acids is 2. The van der Waals surface area contributed by atoms with Crippen LogP contribution in [0.15, 0.2) is 66.9 Å². The maximum Gasteiger partial charge on any atom is 0.253 e. The molecule has 0 saturated carbocycles. The summed E-state index contributed by atoms with van der Waals surface area (Å²) in [4.78, 5) is 35.7. The highest BCUT2D eigenvalue weighted by molar-refractivity contribution is 6.00. The van der Waals surface area contributed by atoms with Crippen molar-refractivity contribution >= 4 is 23.2 Å². The van der Waals surface area contributed by atoms with E-state index < -0.39 is 11.7 Å². The molecule has 0 bridgehead atoms. The summed E-state index contributed by atoms with van der Waals surface area (Å²) in [6, 6.07) is 17.3. The van der Waals surface area contributed by atoms with Gasteiger partial charge in [-0.2, -0.15) is 0 Å². The van der Waals surface area contributed by atoms with E-state index in [1.807, 2.05) is 49.1 Å². The second-order valence-electron chi connectivity index (χ2n) is 9.25. The highest BCUT2D eigenvalue weighted by Gasteiger charge is 2.29. The van der Waals surface area contributed by atoms with Crippen molar-refractivity contribution < 1.29 is 14.0 Å². The number of amides is 2. The van der Waals surface area contributed by atoms with Gasteiger partial charge in [0.25, 0.3) is 11.8 Å². The van der Waals surface area contributed by atoms with Crippen LogP contribution in [-0.4, -0.2) is 58.8 Å². The number of piperidine rings is 1. The van der Waals surface area contributed by atoms with E-state index in [2.05, 4.69) is 9.88 Å². The second-order valence-corrected chi connectivity index (χ2v) is 9.25. The third-order valence-electron chi connectivity index (χ3n) is 6.96. The zero-order valence-electron chi connectivity index (χ0n) is 21.4. The van der Waals surface area contributed by atoms with Crippen LogP contribution in [0.2, 0.25) is 0 Å². The SMILES string of the molecule is CCN(CC)C(=O)c1ccc(N(c2cc(F)ccc2C(N)=O)C2CCN(Cc3ccccn3)CC2)cc1. The Morgan fingerprint density at radius 1 is 1.03 bits per heavy atom. The van der Waals surface area contributed by atoms with Crippen LogP contribution in [0.4, 0.5) is 15.8 Å². The lowest BCUT2D eigenvalue weighted by Crippen LogP contribution is -2.43. The van der Waals surface area contributed by atoms with Crippen molar-refractivity contribution in [3.05, 3.63) is 89.5 Å². The third kappa shape index (κ3) is 6.14. The first-order valence-electron chi connectivity index (χ1n) is 12.8. The Hall–Kier alpha value is -3.78. The van der Waals surface area contributed by atoms with Crippen molar-refractivity contribution in [2.45, 2.75) is 39.3 Å². The van der Waals surface area contributed by atoms with Crippen LogP contribution in [0.3, 0.4) is 0 Å². The van der Waals surface area contributed by atoms with Crippen LogP contribution in [0.25, 0.3) is 0 Å². The monoisotopic (exact) mass is 503 g/mol. The van der Waals surface area contributed by atoms with Gasteiger partial charge >= 0.3 is 0 Å². The van der Waals surface area contributed by atoms with Gasteiger partial charge in [-0.3, -0.25) is 19.5 Å². The summed E-state index contributed by atoms with van der Waals surface area (Å²) in [5, 5.41) is 0. The van der Waals surface area contributed by atoms with E-state index in [9.17, 15) is 14.0 Å². The number of pyridine rings is 1. The molecule has 1 fully saturated rings. The molecule has 1 aromatic heterocycles. The standard InChI is InChI=1S/C29H34FN5O2/c1-3-34(4-2)29(37)21-8-11-24(12-9-21)35(27-19-22(30)10-13-26(27)28(31)36)25-14-17-33(18-15-25)20-23-7-5-6-16-32-23/h5-13,16,19,25H,3-4,14-15,17-18,20H2,1-2H3,(H2,31,36). The molecule has 1 aliphatic heterocycles. The number of benzene rings is 2. The van der Waals surface area contributed by atoms with Gasteiger partial charge in [0, 0.05) is 56.2 Å². The Morgan fingerprint density at radius 2 is 1.73 bits per heavy atom. The van der Waals surface area contributed by atoms with Gasteiger partial charge in [-0.05, 0) is 81.3 Å². The fourth-order valence-corrected chi connectivity index (χ4v) is 4.97. The summed E-state index contributed by atoms with van der Waals surface area (Å²) in [5.41, 5.74) is 8.80. The molecular formula is C29H34FN5O2. The number of likely N-dealkylation sites (tertiary alicyclic amines) is 1. The molecular weight excluding hydrogens is 469 g/mol. The van der Waals surface area contributed by atoms with E-state index in [4.69, 9.17) is 5.73 Å². The molecule has 1 saturated heterocycles. The number of hydrogen-bond donors (Lipinski definition) is 1. The Labute approximate surface area is 217 Å². The number of nitrogens with zero attached hydrogens (tertiary/aromatic N) is 4. The molecule has 2 aromatic carbocycles.